The maximum atomic E-state index is 5.71. The van der Waals surface area contributed by atoms with E-state index in [1.807, 2.05) is 72.8 Å². The van der Waals surface area contributed by atoms with E-state index in [4.69, 9.17) is 4.74 Å². The zero-order valence-corrected chi connectivity index (χ0v) is 12.9. The summed E-state index contributed by atoms with van der Waals surface area (Å²) in [7, 11) is 0. The highest BCUT2D eigenvalue weighted by Crippen LogP contribution is 2.40. The second-order valence-electron chi connectivity index (χ2n) is 5.34. The Kier molecular flexibility index (Phi) is 3.78. The number of ether oxygens (including phenoxy) is 1. The minimum absolute atomic E-state index is 0.881. The number of hydrogen-bond donors (Lipinski definition) is 1. The van der Waals surface area contributed by atoms with Gasteiger partial charge in [-0.15, -0.1) is 0 Å². The Balaban J connectivity index is 0.000000129. The molecule has 1 N–H and O–H groups in total. The second kappa shape index (κ2) is 6.38. The predicted molar refractivity (Wildman–Crippen MR) is 95.8 cm³/mol. The van der Waals surface area contributed by atoms with Gasteiger partial charge in [-0.25, -0.2) is 0 Å². The lowest BCUT2D eigenvalue weighted by Gasteiger charge is -2.20. The minimum Gasteiger partial charge on any atom is -0.453 e. The molecule has 24 heavy (non-hydrogen) atoms. The molecule has 0 atom stereocenters. The largest absolute Gasteiger partial charge is 0.453 e. The molecule has 0 unspecified atom stereocenters. The van der Waals surface area contributed by atoms with Crippen molar-refractivity contribution >= 4 is 22.1 Å². The molecule has 1 aliphatic heterocycles. The fourth-order valence-electron chi connectivity index (χ4n) is 2.52. The topological polar surface area (TPSA) is 47.0 Å². The number of benzene rings is 3. The molecular weight excluding hydrogens is 298 g/mol. The lowest BCUT2D eigenvalue weighted by atomic mass is 10.2. The number of anilines is 2. The Hall–Kier alpha value is -3.40. The van der Waals surface area contributed by atoms with Gasteiger partial charge in [0.1, 0.15) is 0 Å². The van der Waals surface area contributed by atoms with Gasteiger partial charge in [-0.3, -0.25) is 0 Å². The molecule has 5 rings (SSSR count). The highest BCUT2D eigenvalue weighted by molar-refractivity contribution is 5.80. The number of nitrogens with zero attached hydrogens (tertiary/aromatic N) is 2. The van der Waals surface area contributed by atoms with Crippen molar-refractivity contribution in [3.63, 3.8) is 0 Å². The Morgan fingerprint density at radius 1 is 0.583 bits per heavy atom. The zero-order chi connectivity index (χ0) is 16.2. The summed E-state index contributed by atoms with van der Waals surface area (Å²) in [6.07, 6.45) is 3.52. The fraction of sp³-hybridized carbons (Fsp3) is 0. The molecule has 0 amide bonds. The maximum Gasteiger partial charge on any atom is 0.150 e. The van der Waals surface area contributed by atoms with Crippen LogP contribution in [0.25, 0.3) is 10.8 Å². The van der Waals surface area contributed by atoms with E-state index in [1.165, 1.54) is 0 Å². The first kappa shape index (κ1) is 14.2. The molecule has 1 aliphatic rings. The first-order valence-electron chi connectivity index (χ1n) is 7.68. The maximum absolute atomic E-state index is 5.71. The standard InChI is InChI=1S/C12H9NO.C8H6N2/c1-3-7-11-9(5-1)13-10-6-2-4-8-12(10)14-11;1-2-4-8-6-10-9-5-7(8)3-1/h1-8,13H;1-6H. The van der Waals surface area contributed by atoms with Crippen LogP contribution in [0.2, 0.25) is 0 Å². The highest BCUT2D eigenvalue weighted by atomic mass is 16.5. The first-order valence-corrected chi connectivity index (χ1v) is 7.68. The Morgan fingerprint density at radius 3 is 1.58 bits per heavy atom. The van der Waals surface area contributed by atoms with Crippen LogP contribution in [0.1, 0.15) is 0 Å². The molecule has 0 bridgehead atoms. The highest BCUT2D eigenvalue weighted by Gasteiger charge is 2.13. The number of fused-ring (bicyclic) bond motifs is 3. The number of para-hydroxylation sites is 4. The third kappa shape index (κ3) is 2.90. The van der Waals surface area contributed by atoms with Crippen molar-refractivity contribution in [3.8, 4) is 11.5 Å². The van der Waals surface area contributed by atoms with Gasteiger partial charge < -0.3 is 10.1 Å². The van der Waals surface area contributed by atoms with Crippen LogP contribution in [0, 0.1) is 0 Å². The van der Waals surface area contributed by atoms with Crippen LogP contribution in [-0.2, 0) is 0 Å². The van der Waals surface area contributed by atoms with E-state index in [0.717, 1.165) is 33.6 Å². The van der Waals surface area contributed by atoms with E-state index in [1.54, 1.807) is 12.4 Å². The molecule has 0 fully saturated rings. The van der Waals surface area contributed by atoms with Gasteiger partial charge in [0, 0.05) is 10.8 Å². The van der Waals surface area contributed by atoms with Gasteiger partial charge in [0.15, 0.2) is 11.5 Å². The molecule has 4 aromatic rings. The molecule has 3 aromatic carbocycles. The molecule has 1 aromatic heterocycles. The van der Waals surface area contributed by atoms with E-state index >= 15 is 0 Å². The SMILES string of the molecule is c1ccc2c(c1)Nc1ccccc1O2.c1ccc2cnncc2c1. The fourth-order valence-corrected chi connectivity index (χ4v) is 2.52. The smallest absolute Gasteiger partial charge is 0.150 e. The summed E-state index contributed by atoms with van der Waals surface area (Å²) in [6.45, 7) is 0. The number of rotatable bonds is 0. The molecule has 2 heterocycles. The van der Waals surface area contributed by atoms with Gasteiger partial charge >= 0.3 is 0 Å². The average Bonchev–Trinajstić information content (AvgIpc) is 2.67. The normalized spacial score (nSPS) is 11.2. The average molecular weight is 313 g/mol. The van der Waals surface area contributed by atoms with Crippen LogP contribution >= 0.6 is 0 Å². The van der Waals surface area contributed by atoms with E-state index in [0.29, 0.717) is 0 Å². The zero-order valence-electron chi connectivity index (χ0n) is 12.9. The van der Waals surface area contributed by atoms with Gasteiger partial charge in [-0.05, 0) is 24.3 Å². The minimum atomic E-state index is 0.881. The number of hydrogen-bond acceptors (Lipinski definition) is 4. The third-order valence-corrected chi connectivity index (χ3v) is 3.72. The quantitative estimate of drug-likeness (QED) is 0.428. The molecule has 0 saturated carbocycles. The van der Waals surface area contributed by atoms with E-state index in [-0.39, 0.29) is 0 Å². The molecular formula is C20H15N3O. The van der Waals surface area contributed by atoms with Crippen molar-refractivity contribution in [2.45, 2.75) is 0 Å². The monoisotopic (exact) mass is 313 g/mol. The summed E-state index contributed by atoms with van der Waals surface area (Å²) in [5.74, 6) is 1.76. The summed E-state index contributed by atoms with van der Waals surface area (Å²) in [5, 5.41) is 13.1. The molecule has 116 valence electrons. The number of aromatic nitrogens is 2. The third-order valence-electron chi connectivity index (χ3n) is 3.72. The molecule has 0 aliphatic carbocycles. The first-order chi connectivity index (χ1) is 11.9. The van der Waals surface area contributed by atoms with Crippen LogP contribution < -0.4 is 10.1 Å². The molecule has 0 radical (unpaired) electrons. The van der Waals surface area contributed by atoms with Gasteiger partial charge in [-0.1, -0.05) is 48.5 Å². The molecule has 0 spiro atoms. The van der Waals surface area contributed by atoms with Crippen LogP contribution in [0.5, 0.6) is 11.5 Å². The summed E-state index contributed by atoms with van der Waals surface area (Å²) < 4.78 is 5.71. The van der Waals surface area contributed by atoms with Crippen LogP contribution in [0.3, 0.4) is 0 Å². The van der Waals surface area contributed by atoms with Crippen molar-refractivity contribution in [2.75, 3.05) is 5.32 Å². The Morgan fingerprint density at radius 2 is 1.04 bits per heavy atom. The summed E-state index contributed by atoms with van der Waals surface area (Å²) in [5.41, 5.74) is 2.04. The summed E-state index contributed by atoms with van der Waals surface area (Å²) in [6, 6.07) is 23.9. The number of nitrogens with one attached hydrogen (secondary N) is 1. The van der Waals surface area contributed by atoms with Crippen molar-refractivity contribution in [2.24, 2.45) is 0 Å². The van der Waals surface area contributed by atoms with Crippen LogP contribution in [-0.4, -0.2) is 10.2 Å². The van der Waals surface area contributed by atoms with Gasteiger partial charge in [0.25, 0.3) is 0 Å². The van der Waals surface area contributed by atoms with Crippen molar-refractivity contribution < 1.29 is 4.74 Å². The van der Waals surface area contributed by atoms with E-state index < -0.39 is 0 Å². The Labute approximate surface area is 139 Å². The van der Waals surface area contributed by atoms with Gasteiger partial charge in [-0.2, -0.15) is 10.2 Å². The van der Waals surface area contributed by atoms with Gasteiger partial charge in [0.2, 0.25) is 0 Å². The van der Waals surface area contributed by atoms with Crippen LogP contribution in [0.15, 0.2) is 85.2 Å². The molecule has 0 saturated heterocycles. The van der Waals surface area contributed by atoms with Gasteiger partial charge in [0.05, 0.1) is 23.8 Å². The summed E-state index contributed by atoms with van der Waals surface area (Å²) in [4.78, 5) is 0. The van der Waals surface area contributed by atoms with E-state index in [2.05, 4.69) is 15.5 Å². The second-order valence-corrected chi connectivity index (χ2v) is 5.34. The molecule has 4 nitrogen and oxygen atoms in total. The summed E-state index contributed by atoms with van der Waals surface area (Å²) >= 11 is 0. The Bertz CT molecular complexity index is 832. The van der Waals surface area contributed by atoms with Crippen molar-refractivity contribution in [3.05, 3.63) is 85.2 Å². The lowest BCUT2D eigenvalue weighted by molar-refractivity contribution is 0.481. The van der Waals surface area contributed by atoms with Crippen molar-refractivity contribution in [1.29, 1.82) is 0 Å². The lowest BCUT2D eigenvalue weighted by Crippen LogP contribution is -2.01. The molecule has 4 heteroatoms. The predicted octanol–water partition coefficient (Wildman–Crippen LogP) is 5.17. The van der Waals surface area contributed by atoms with Crippen molar-refractivity contribution in [1.82, 2.24) is 10.2 Å². The van der Waals surface area contributed by atoms with E-state index in [9.17, 15) is 0 Å². The van der Waals surface area contributed by atoms with Crippen LogP contribution in [0.4, 0.5) is 11.4 Å².